The Balaban J connectivity index is 1.73. The summed E-state index contributed by atoms with van der Waals surface area (Å²) in [7, 11) is 3.26. The van der Waals surface area contributed by atoms with Crippen molar-refractivity contribution in [1.29, 1.82) is 0 Å². The van der Waals surface area contributed by atoms with Crippen molar-refractivity contribution in [1.82, 2.24) is 0 Å². The molecule has 0 aliphatic carbocycles. The second kappa shape index (κ2) is 9.25. The number of hydrogen-bond donors (Lipinski definition) is 1. The number of ether oxygens (including phenoxy) is 2. The predicted octanol–water partition coefficient (Wildman–Crippen LogP) is 6.78. The van der Waals surface area contributed by atoms with Gasteiger partial charge in [0.2, 0.25) is 5.91 Å². The van der Waals surface area contributed by atoms with Crippen molar-refractivity contribution < 1.29 is 18.7 Å². The number of nitrogens with one attached hydrogen (secondary N) is 1. The van der Waals surface area contributed by atoms with E-state index in [9.17, 15) is 4.79 Å². The number of fused-ring (bicyclic) bond motifs is 1. The fourth-order valence-corrected chi connectivity index (χ4v) is 4.11. The van der Waals surface area contributed by atoms with E-state index in [1.807, 2.05) is 69.3 Å². The molecule has 0 radical (unpaired) electrons. The highest BCUT2D eigenvalue weighted by molar-refractivity contribution is 6.05. The van der Waals surface area contributed by atoms with Crippen LogP contribution < -0.4 is 14.8 Å². The lowest BCUT2D eigenvalue weighted by Crippen LogP contribution is -2.09. The van der Waals surface area contributed by atoms with Crippen molar-refractivity contribution in [2.45, 2.75) is 20.8 Å². The van der Waals surface area contributed by atoms with E-state index in [2.05, 4.69) is 11.4 Å². The molecule has 3 aromatic carbocycles. The van der Waals surface area contributed by atoms with Gasteiger partial charge in [0.15, 0.2) is 0 Å². The van der Waals surface area contributed by atoms with Crippen molar-refractivity contribution >= 4 is 28.1 Å². The number of hydrogen-bond acceptors (Lipinski definition) is 4. The number of allylic oxidation sites excluding steroid dienone is 1. The van der Waals surface area contributed by atoms with E-state index in [0.717, 1.165) is 50.2 Å². The van der Waals surface area contributed by atoms with Crippen LogP contribution in [0.15, 0.2) is 71.4 Å². The Hall–Kier alpha value is -3.99. The SMILES string of the molecule is COc1cc2occ(-c3ccccc3OC)c2cc1/C(C)=C/C(=O)Nc1cc(C)cc(C)c1. The molecule has 4 rings (SSSR count). The largest absolute Gasteiger partial charge is 0.496 e. The van der Waals surface area contributed by atoms with Crippen LogP contribution in [-0.2, 0) is 4.79 Å². The minimum atomic E-state index is -0.197. The van der Waals surface area contributed by atoms with Gasteiger partial charge in [-0.2, -0.15) is 0 Å². The molecular formula is C28H27NO4. The molecule has 0 spiro atoms. The third kappa shape index (κ3) is 4.62. The molecule has 0 atom stereocenters. The van der Waals surface area contributed by atoms with E-state index in [0.29, 0.717) is 11.3 Å². The van der Waals surface area contributed by atoms with Gasteiger partial charge in [-0.05, 0) is 61.7 Å². The van der Waals surface area contributed by atoms with E-state index in [4.69, 9.17) is 13.9 Å². The van der Waals surface area contributed by atoms with Gasteiger partial charge in [0.1, 0.15) is 17.1 Å². The number of carbonyl (C=O) groups excluding carboxylic acids is 1. The predicted molar refractivity (Wildman–Crippen MR) is 133 cm³/mol. The number of aryl methyl sites for hydroxylation is 2. The highest BCUT2D eigenvalue weighted by atomic mass is 16.5. The van der Waals surface area contributed by atoms with Crippen LogP contribution in [0.25, 0.3) is 27.7 Å². The summed E-state index contributed by atoms with van der Waals surface area (Å²) < 4.78 is 17.0. The van der Waals surface area contributed by atoms with Gasteiger partial charge in [-0.15, -0.1) is 0 Å². The van der Waals surface area contributed by atoms with Gasteiger partial charge in [-0.1, -0.05) is 24.3 Å². The molecule has 1 aromatic heterocycles. The molecule has 33 heavy (non-hydrogen) atoms. The second-order valence-corrected chi connectivity index (χ2v) is 8.09. The van der Waals surface area contributed by atoms with Gasteiger partial charge >= 0.3 is 0 Å². The number of benzene rings is 3. The summed E-state index contributed by atoms with van der Waals surface area (Å²) in [5.74, 6) is 1.20. The molecule has 0 bridgehead atoms. The van der Waals surface area contributed by atoms with Crippen molar-refractivity contribution in [2.24, 2.45) is 0 Å². The molecule has 1 heterocycles. The Bertz CT molecular complexity index is 1340. The third-order valence-corrected chi connectivity index (χ3v) is 5.55. The summed E-state index contributed by atoms with van der Waals surface area (Å²) in [5.41, 5.74) is 7.12. The van der Waals surface area contributed by atoms with Crippen molar-refractivity contribution in [3.05, 3.63) is 83.6 Å². The van der Waals surface area contributed by atoms with Gasteiger partial charge < -0.3 is 19.2 Å². The fraction of sp³-hybridized carbons (Fsp3) is 0.179. The van der Waals surface area contributed by atoms with Crippen LogP contribution in [0.5, 0.6) is 11.5 Å². The van der Waals surface area contributed by atoms with E-state index in [1.54, 1.807) is 26.6 Å². The molecule has 168 valence electrons. The van der Waals surface area contributed by atoms with Gasteiger partial charge in [-0.25, -0.2) is 0 Å². The molecule has 0 unspecified atom stereocenters. The first-order chi connectivity index (χ1) is 15.9. The highest BCUT2D eigenvalue weighted by Crippen LogP contribution is 2.40. The summed E-state index contributed by atoms with van der Waals surface area (Å²) in [5, 5.41) is 3.87. The summed E-state index contributed by atoms with van der Waals surface area (Å²) >= 11 is 0. The summed E-state index contributed by atoms with van der Waals surface area (Å²) in [6.45, 7) is 5.91. The lowest BCUT2D eigenvalue weighted by atomic mass is 9.98. The van der Waals surface area contributed by atoms with E-state index in [-0.39, 0.29) is 5.91 Å². The molecule has 0 saturated carbocycles. The van der Waals surface area contributed by atoms with Crippen LogP contribution in [0.2, 0.25) is 0 Å². The Morgan fingerprint density at radius 3 is 2.30 bits per heavy atom. The molecular weight excluding hydrogens is 414 g/mol. The lowest BCUT2D eigenvalue weighted by molar-refractivity contribution is -0.111. The average molecular weight is 442 g/mol. The van der Waals surface area contributed by atoms with Crippen LogP contribution in [0.4, 0.5) is 5.69 Å². The summed E-state index contributed by atoms with van der Waals surface area (Å²) in [4.78, 5) is 12.7. The average Bonchev–Trinajstić information content (AvgIpc) is 3.19. The highest BCUT2D eigenvalue weighted by Gasteiger charge is 2.17. The van der Waals surface area contributed by atoms with E-state index < -0.39 is 0 Å². The van der Waals surface area contributed by atoms with Crippen molar-refractivity contribution in [2.75, 3.05) is 19.5 Å². The molecule has 0 saturated heterocycles. The Labute approximate surface area is 193 Å². The zero-order valence-corrected chi connectivity index (χ0v) is 19.5. The molecule has 5 heteroatoms. The maximum absolute atomic E-state index is 12.7. The first-order valence-electron chi connectivity index (χ1n) is 10.7. The molecule has 0 aliphatic heterocycles. The first kappa shape index (κ1) is 22.2. The number of carbonyl (C=O) groups is 1. The fourth-order valence-electron chi connectivity index (χ4n) is 4.11. The van der Waals surface area contributed by atoms with Crippen LogP contribution in [-0.4, -0.2) is 20.1 Å². The minimum absolute atomic E-state index is 0.197. The molecule has 5 nitrogen and oxygen atoms in total. The number of amides is 1. The molecule has 1 N–H and O–H groups in total. The molecule has 0 aliphatic rings. The van der Waals surface area contributed by atoms with Crippen molar-refractivity contribution in [3.8, 4) is 22.6 Å². The third-order valence-electron chi connectivity index (χ3n) is 5.55. The second-order valence-electron chi connectivity index (χ2n) is 8.09. The minimum Gasteiger partial charge on any atom is -0.496 e. The Morgan fingerprint density at radius 2 is 1.61 bits per heavy atom. The molecule has 0 fully saturated rings. The van der Waals surface area contributed by atoms with Gasteiger partial charge in [0.05, 0.1) is 20.5 Å². The monoisotopic (exact) mass is 441 g/mol. The number of furan rings is 1. The van der Waals surface area contributed by atoms with Gasteiger partial charge in [0.25, 0.3) is 0 Å². The van der Waals surface area contributed by atoms with E-state index in [1.165, 1.54) is 0 Å². The standard InChI is InChI=1S/C28H27NO4/c1-17-10-18(2)12-20(11-17)29-28(30)13-19(3)22-14-23-24(16-33-27(23)15-26(22)32-5)21-8-6-7-9-25(21)31-4/h6-16H,1-5H3,(H,29,30)/b19-13+. The zero-order valence-electron chi connectivity index (χ0n) is 19.5. The smallest absolute Gasteiger partial charge is 0.248 e. The summed E-state index contributed by atoms with van der Waals surface area (Å²) in [6, 6.07) is 17.6. The number of methoxy groups -OCH3 is 2. The Kier molecular flexibility index (Phi) is 6.22. The van der Waals surface area contributed by atoms with E-state index >= 15 is 0 Å². The van der Waals surface area contributed by atoms with Crippen LogP contribution >= 0.6 is 0 Å². The maximum atomic E-state index is 12.7. The van der Waals surface area contributed by atoms with Crippen LogP contribution in [0.1, 0.15) is 23.6 Å². The van der Waals surface area contributed by atoms with Crippen LogP contribution in [0, 0.1) is 13.8 Å². The normalized spacial score (nSPS) is 11.5. The quantitative estimate of drug-likeness (QED) is 0.335. The van der Waals surface area contributed by atoms with Crippen LogP contribution in [0.3, 0.4) is 0 Å². The maximum Gasteiger partial charge on any atom is 0.248 e. The van der Waals surface area contributed by atoms with Gasteiger partial charge in [-0.3, -0.25) is 4.79 Å². The zero-order chi connectivity index (χ0) is 23.5. The topological polar surface area (TPSA) is 60.7 Å². The number of para-hydroxylation sites is 1. The first-order valence-corrected chi connectivity index (χ1v) is 10.7. The summed E-state index contributed by atoms with van der Waals surface area (Å²) in [6.07, 6.45) is 3.31. The molecule has 4 aromatic rings. The molecule has 1 amide bonds. The number of rotatable bonds is 6. The Morgan fingerprint density at radius 1 is 0.909 bits per heavy atom. The number of anilines is 1. The lowest BCUT2D eigenvalue weighted by Gasteiger charge is -2.11. The van der Waals surface area contributed by atoms with Crippen molar-refractivity contribution in [3.63, 3.8) is 0 Å². The van der Waals surface area contributed by atoms with Gasteiger partial charge in [0, 0.05) is 39.9 Å².